The number of carboxylic acids is 1. The Labute approximate surface area is 500 Å². The van der Waals surface area contributed by atoms with Gasteiger partial charge >= 0.3 is 17.9 Å². The number of aryl methyl sites for hydroxylation is 2. The van der Waals surface area contributed by atoms with E-state index in [4.69, 9.17) is 25.2 Å². The predicted molar refractivity (Wildman–Crippen MR) is 336 cm³/mol. The van der Waals surface area contributed by atoms with Crippen LogP contribution in [0.2, 0.25) is 0 Å². The molecule has 19 heteroatoms. The lowest BCUT2D eigenvalue weighted by molar-refractivity contribution is 0.0591. The SMILES string of the molecule is CN1CCN(CCN)CC1.COC(=O)c1cc2[nH]c(O)c(C(=Nc3ccc(C(=O)CCCN4CCN(C)CC4)cc3)c3ccccc3)c2cc1C.COC(=O)c1cc2c(cc1C)c(C(=Nc1ccc(C(=O)O)cc1)c1ccccc1)c(O)n2C(C)=O. The number of nitrogens with zero attached hydrogens (tertiary/aromatic N) is 7. The maximum Gasteiger partial charge on any atom is 0.338 e. The van der Waals surface area contributed by atoms with E-state index in [1.807, 2.05) is 97.9 Å². The number of Topliss-reactive ketones (excluding diaryl/α,β-unsaturated/α-hetero) is 1. The minimum atomic E-state index is -1.05. The minimum absolute atomic E-state index is 0.0452. The summed E-state index contributed by atoms with van der Waals surface area (Å²) < 4.78 is 10.9. The highest BCUT2D eigenvalue weighted by Crippen LogP contribution is 2.37. The summed E-state index contributed by atoms with van der Waals surface area (Å²) in [4.78, 5) is 83.3. The van der Waals surface area contributed by atoms with Crippen LogP contribution in [0.25, 0.3) is 21.8 Å². The zero-order valence-corrected chi connectivity index (χ0v) is 49.8. The molecule has 6 aromatic carbocycles. The van der Waals surface area contributed by atoms with Gasteiger partial charge in [-0.15, -0.1) is 0 Å². The lowest BCUT2D eigenvalue weighted by Gasteiger charge is -2.32. The standard InChI is InChI=1S/C33H36N4O4.C27H22N2O6.C7H17N3/c1-22-20-27-28(21-26(22)33(40)41-3)35-32(39)30(27)31(24-8-5-4-6-9-24)34-25-13-11-23(12-14-25)29(38)10-7-15-37-18-16-36(2)17-19-37;1-15-13-21-22(14-20(15)27(34)35-3)29(16(2)30)25(31)23(21)24(17-7-5-4-6-8-17)28-19-11-9-18(10-12-19)26(32)33;1-9-4-6-10(3-2-8)7-5-9/h4-6,8-9,11-14,20-21,35,39H,7,10,15-19H2,1-3H3;4-14,31H,1-3H3,(H,32,33);2-8H2,1H3. The Bertz CT molecular complexity index is 3770. The van der Waals surface area contributed by atoms with E-state index in [-0.39, 0.29) is 28.7 Å². The van der Waals surface area contributed by atoms with Crippen molar-refractivity contribution < 1.29 is 48.8 Å². The summed E-state index contributed by atoms with van der Waals surface area (Å²) in [5.41, 5.74) is 13.6. The van der Waals surface area contributed by atoms with Gasteiger partial charge in [-0.05, 0) is 125 Å². The van der Waals surface area contributed by atoms with E-state index < -0.39 is 23.8 Å². The van der Waals surface area contributed by atoms with Crippen molar-refractivity contribution >= 4 is 74.2 Å². The van der Waals surface area contributed by atoms with Crippen LogP contribution in [0.15, 0.2) is 143 Å². The average molecular weight is 1170 g/mol. The van der Waals surface area contributed by atoms with Gasteiger partial charge < -0.3 is 50.2 Å². The minimum Gasteiger partial charge on any atom is -0.494 e. The molecule has 19 nitrogen and oxygen atoms in total. The highest BCUT2D eigenvalue weighted by molar-refractivity contribution is 6.24. The number of fused-ring (bicyclic) bond motifs is 2. The first-order valence-electron chi connectivity index (χ1n) is 28.6. The van der Waals surface area contributed by atoms with Crippen molar-refractivity contribution in [2.75, 3.05) is 100 Å². The molecule has 86 heavy (non-hydrogen) atoms. The number of carbonyl (C=O) groups excluding carboxylic acids is 4. The molecule has 4 heterocycles. The molecule has 2 aliphatic rings. The number of aromatic hydroxyl groups is 2. The van der Waals surface area contributed by atoms with Gasteiger partial charge in [0.1, 0.15) is 0 Å². The number of aromatic carboxylic acids is 1. The third-order valence-electron chi connectivity index (χ3n) is 15.4. The van der Waals surface area contributed by atoms with Crippen molar-refractivity contribution in [2.45, 2.75) is 33.6 Å². The lowest BCUT2D eigenvalue weighted by Crippen LogP contribution is -2.45. The van der Waals surface area contributed by atoms with Crippen LogP contribution in [0.3, 0.4) is 0 Å². The van der Waals surface area contributed by atoms with Gasteiger partial charge in [-0.25, -0.2) is 24.4 Å². The zero-order chi connectivity index (χ0) is 61.6. The Morgan fingerprint density at radius 1 is 0.581 bits per heavy atom. The Morgan fingerprint density at radius 2 is 1.05 bits per heavy atom. The van der Waals surface area contributed by atoms with E-state index >= 15 is 0 Å². The average Bonchev–Trinajstić information content (AvgIpc) is 1.65. The Kier molecular flexibility index (Phi) is 21.3. The summed E-state index contributed by atoms with van der Waals surface area (Å²) in [6, 6.07) is 38.8. The summed E-state index contributed by atoms with van der Waals surface area (Å²) in [6.07, 6.45) is 1.36. The van der Waals surface area contributed by atoms with E-state index in [0.29, 0.717) is 79.0 Å². The summed E-state index contributed by atoms with van der Waals surface area (Å²) in [7, 11) is 6.93. The number of hydrogen-bond acceptors (Lipinski definition) is 16. The fraction of sp³-hybridized carbons (Fsp3) is 0.299. The first-order chi connectivity index (χ1) is 41.4. The molecule has 0 radical (unpaired) electrons. The van der Waals surface area contributed by atoms with Gasteiger partial charge in [-0.3, -0.25) is 19.1 Å². The third kappa shape index (κ3) is 15.2. The molecule has 2 aromatic heterocycles. The van der Waals surface area contributed by atoms with Crippen molar-refractivity contribution in [3.05, 3.63) is 189 Å². The number of rotatable bonds is 16. The lowest BCUT2D eigenvalue weighted by atomic mass is 9.98. The number of aromatic amines is 1. The van der Waals surface area contributed by atoms with Crippen LogP contribution < -0.4 is 5.73 Å². The van der Waals surface area contributed by atoms with Crippen LogP contribution in [0.5, 0.6) is 11.8 Å². The Morgan fingerprint density at radius 3 is 1.52 bits per heavy atom. The topological polar surface area (TPSA) is 249 Å². The number of benzene rings is 6. The van der Waals surface area contributed by atoms with Gasteiger partial charge in [-0.1, -0.05) is 60.7 Å². The number of ether oxygens (including phenoxy) is 2. The molecule has 2 fully saturated rings. The molecule has 0 bridgehead atoms. The van der Waals surface area contributed by atoms with Crippen molar-refractivity contribution in [2.24, 2.45) is 15.7 Å². The maximum absolute atomic E-state index is 12.9. The summed E-state index contributed by atoms with van der Waals surface area (Å²) in [5, 5.41) is 32.7. The second-order valence-corrected chi connectivity index (χ2v) is 21.4. The van der Waals surface area contributed by atoms with Crippen LogP contribution >= 0.6 is 0 Å². The smallest absolute Gasteiger partial charge is 0.338 e. The number of methoxy groups -OCH3 is 2. The van der Waals surface area contributed by atoms with Crippen molar-refractivity contribution in [3.63, 3.8) is 0 Å². The van der Waals surface area contributed by atoms with Crippen molar-refractivity contribution in [1.29, 1.82) is 0 Å². The van der Waals surface area contributed by atoms with Crippen LogP contribution in [0.1, 0.15) is 99.4 Å². The number of likely N-dealkylation sites (N-methyl/N-ethyl adjacent to an activating group) is 2. The van der Waals surface area contributed by atoms with E-state index in [1.54, 1.807) is 31.2 Å². The fourth-order valence-electron chi connectivity index (χ4n) is 10.5. The van der Waals surface area contributed by atoms with Gasteiger partial charge in [0.05, 0.1) is 70.4 Å². The molecule has 0 unspecified atom stereocenters. The molecule has 0 aliphatic carbocycles. The van der Waals surface area contributed by atoms with Crippen molar-refractivity contribution in [3.8, 4) is 11.8 Å². The number of esters is 2. The van der Waals surface area contributed by atoms with E-state index in [0.717, 1.165) is 73.3 Å². The monoisotopic (exact) mass is 1170 g/mol. The van der Waals surface area contributed by atoms with Gasteiger partial charge in [-0.2, -0.15) is 0 Å². The van der Waals surface area contributed by atoms with Crippen LogP contribution in [0.4, 0.5) is 11.4 Å². The Balaban J connectivity index is 0.000000194. The molecule has 8 aromatic rings. The number of aliphatic imine (C=N–C) groups is 2. The number of nitrogens with two attached hydrogens (primary N) is 1. The highest BCUT2D eigenvalue weighted by Gasteiger charge is 2.27. The summed E-state index contributed by atoms with van der Waals surface area (Å²) in [6.45, 7) is 16.7. The van der Waals surface area contributed by atoms with Crippen LogP contribution in [-0.2, 0) is 9.47 Å². The molecule has 6 N–H and O–H groups in total. The van der Waals surface area contributed by atoms with E-state index in [2.05, 4.69) is 38.7 Å². The molecule has 0 atom stereocenters. The first kappa shape index (κ1) is 62.9. The van der Waals surface area contributed by atoms with E-state index in [9.17, 15) is 39.3 Å². The second-order valence-electron chi connectivity index (χ2n) is 21.4. The molecule has 0 amide bonds. The fourth-order valence-corrected chi connectivity index (χ4v) is 10.5. The maximum atomic E-state index is 12.9. The number of aromatic nitrogens is 2. The molecule has 2 aliphatic heterocycles. The predicted octanol–water partition coefficient (Wildman–Crippen LogP) is 9.51. The Hall–Kier alpha value is -9.11. The first-order valence-corrected chi connectivity index (χ1v) is 28.6. The molecule has 448 valence electrons. The largest absolute Gasteiger partial charge is 0.494 e. The number of carboxylic acid groups (broad SMARTS) is 1. The van der Waals surface area contributed by atoms with Crippen LogP contribution in [-0.4, -0.2) is 186 Å². The highest BCUT2D eigenvalue weighted by atomic mass is 16.5. The van der Waals surface area contributed by atoms with Gasteiger partial charge in [0.25, 0.3) is 0 Å². The van der Waals surface area contributed by atoms with Gasteiger partial charge in [0.15, 0.2) is 11.7 Å². The number of nitrogens with one attached hydrogen (secondary N) is 1. The molecule has 2 saturated heterocycles. The molecular weight excluding hydrogens is 1090 g/mol. The van der Waals surface area contributed by atoms with Gasteiger partial charge in [0.2, 0.25) is 11.8 Å². The van der Waals surface area contributed by atoms with Crippen molar-refractivity contribution in [1.82, 2.24) is 29.2 Å². The number of carbonyl (C=O) groups is 5. The number of hydrogen-bond donors (Lipinski definition) is 5. The molecule has 0 saturated carbocycles. The molecular formula is C67H75N9O10. The normalized spacial score (nSPS) is 14.5. The van der Waals surface area contributed by atoms with Gasteiger partial charge in [0, 0.05) is 112 Å². The third-order valence-corrected chi connectivity index (χ3v) is 15.4. The van der Waals surface area contributed by atoms with E-state index in [1.165, 1.54) is 65.5 Å². The second kappa shape index (κ2) is 29.1. The number of piperazine rings is 2. The molecule has 0 spiro atoms. The molecule has 10 rings (SSSR count). The number of ketones is 1. The zero-order valence-electron chi connectivity index (χ0n) is 49.8. The number of H-pyrrole nitrogens is 1. The summed E-state index contributed by atoms with van der Waals surface area (Å²) in [5.74, 6) is -2.73. The van der Waals surface area contributed by atoms with Crippen LogP contribution in [0, 0.1) is 13.8 Å². The quantitative estimate of drug-likeness (QED) is 0.0343. The summed E-state index contributed by atoms with van der Waals surface area (Å²) >= 11 is 0.